The molecule has 1 aromatic rings. The lowest BCUT2D eigenvalue weighted by molar-refractivity contribution is -0.00564. The molecule has 2 rings (SSSR count). The van der Waals surface area contributed by atoms with Gasteiger partial charge in [-0.3, -0.25) is 0 Å². The predicted octanol–water partition coefficient (Wildman–Crippen LogP) is 2.57. The molecule has 5 nitrogen and oxygen atoms in total. The van der Waals surface area contributed by atoms with Gasteiger partial charge in [-0.15, -0.1) is 0 Å². The van der Waals surface area contributed by atoms with Crippen molar-refractivity contribution in [1.29, 1.82) is 0 Å². The largest absolute Gasteiger partial charge is 0.432 e. The van der Waals surface area contributed by atoms with E-state index < -0.39 is 0 Å². The van der Waals surface area contributed by atoms with Crippen molar-refractivity contribution in [3.63, 3.8) is 0 Å². The average molecular weight is 281 g/mol. The molecule has 1 aliphatic rings. The number of methoxy groups -OCH3 is 1. The van der Waals surface area contributed by atoms with E-state index in [0.29, 0.717) is 6.01 Å². The molecule has 5 heteroatoms. The maximum absolute atomic E-state index is 5.63. The van der Waals surface area contributed by atoms with Gasteiger partial charge in [0, 0.05) is 25.7 Å². The first-order valence-corrected chi connectivity index (χ1v) is 7.31. The molecule has 1 N–H and O–H groups in total. The normalized spacial score (nSPS) is 24.1. The molecule has 0 amide bonds. The van der Waals surface area contributed by atoms with E-state index in [0.717, 1.165) is 38.2 Å². The molecule has 0 spiro atoms. The van der Waals surface area contributed by atoms with E-state index >= 15 is 0 Å². The molecule has 1 aliphatic heterocycles. The molecule has 0 bridgehead atoms. The maximum atomic E-state index is 5.63. The molecule has 0 saturated carbocycles. The van der Waals surface area contributed by atoms with Gasteiger partial charge in [-0.1, -0.05) is 0 Å². The Morgan fingerprint density at radius 2 is 2.25 bits per heavy atom. The monoisotopic (exact) mass is 281 g/mol. The average Bonchev–Trinajstić information content (AvgIpc) is 2.84. The lowest BCUT2D eigenvalue weighted by Gasteiger charge is -2.38. The SMILES string of the molecule is COC1(C)CCCN(c2nc(CNC(C)(C)C)co2)C1. The second-order valence-electron chi connectivity index (χ2n) is 6.90. The van der Waals surface area contributed by atoms with Crippen LogP contribution < -0.4 is 10.2 Å². The van der Waals surface area contributed by atoms with Gasteiger partial charge in [-0.2, -0.15) is 4.98 Å². The van der Waals surface area contributed by atoms with Crippen LogP contribution in [0.4, 0.5) is 6.01 Å². The van der Waals surface area contributed by atoms with Gasteiger partial charge in [-0.25, -0.2) is 0 Å². The lowest BCUT2D eigenvalue weighted by atomic mass is 9.95. The summed E-state index contributed by atoms with van der Waals surface area (Å²) >= 11 is 0. The van der Waals surface area contributed by atoms with Crippen molar-refractivity contribution in [2.24, 2.45) is 0 Å². The number of oxazole rings is 1. The van der Waals surface area contributed by atoms with Crippen LogP contribution >= 0.6 is 0 Å². The third-order valence-corrected chi connectivity index (χ3v) is 3.76. The molecular formula is C15H27N3O2. The highest BCUT2D eigenvalue weighted by molar-refractivity contribution is 5.29. The maximum Gasteiger partial charge on any atom is 0.297 e. The summed E-state index contributed by atoms with van der Waals surface area (Å²) in [5.41, 5.74) is 0.926. The predicted molar refractivity (Wildman–Crippen MR) is 80.0 cm³/mol. The van der Waals surface area contributed by atoms with E-state index in [2.05, 4.69) is 42.9 Å². The number of ether oxygens (including phenoxy) is 1. The van der Waals surface area contributed by atoms with E-state index in [9.17, 15) is 0 Å². The molecule has 0 aromatic carbocycles. The Balaban J connectivity index is 1.98. The number of piperidine rings is 1. The van der Waals surface area contributed by atoms with Crippen LogP contribution in [0.2, 0.25) is 0 Å². The number of hydrogen-bond donors (Lipinski definition) is 1. The Bertz CT molecular complexity index is 439. The summed E-state index contributed by atoms with van der Waals surface area (Å²) in [6, 6.07) is 0.707. The van der Waals surface area contributed by atoms with Crippen molar-refractivity contribution in [1.82, 2.24) is 10.3 Å². The number of aromatic nitrogens is 1. The minimum atomic E-state index is -0.101. The second-order valence-corrected chi connectivity index (χ2v) is 6.90. The third-order valence-electron chi connectivity index (χ3n) is 3.76. The van der Waals surface area contributed by atoms with Crippen molar-refractivity contribution in [2.75, 3.05) is 25.1 Å². The molecule has 0 radical (unpaired) electrons. The molecular weight excluding hydrogens is 254 g/mol. The fourth-order valence-corrected chi connectivity index (χ4v) is 2.41. The molecule has 1 saturated heterocycles. The van der Waals surface area contributed by atoms with E-state index in [1.54, 1.807) is 13.4 Å². The second kappa shape index (κ2) is 5.74. The highest BCUT2D eigenvalue weighted by atomic mass is 16.5. The fourth-order valence-electron chi connectivity index (χ4n) is 2.41. The zero-order chi connectivity index (χ0) is 14.8. The molecule has 114 valence electrons. The van der Waals surface area contributed by atoms with Crippen molar-refractivity contribution in [3.05, 3.63) is 12.0 Å². The first-order valence-electron chi connectivity index (χ1n) is 7.31. The summed E-state index contributed by atoms with van der Waals surface area (Å²) in [6.45, 7) is 11.1. The lowest BCUT2D eigenvalue weighted by Crippen LogP contribution is -2.47. The highest BCUT2D eigenvalue weighted by Gasteiger charge is 2.32. The van der Waals surface area contributed by atoms with Gasteiger partial charge >= 0.3 is 0 Å². The molecule has 1 fully saturated rings. The Kier molecular flexibility index (Phi) is 4.39. The van der Waals surface area contributed by atoms with E-state index in [4.69, 9.17) is 9.15 Å². The summed E-state index contributed by atoms with van der Waals surface area (Å²) in [4.78, 5) is 6.75. The van der Waals surface area contributed by atoms with E-state index in [-0.39, 0.29) is 11.1 Å². The minimum Gasteiger partial charge on any atom is -0.432 e. The Hall–Kier alpha value is -1.07. The number of rotatable bonds is 4. The Morgan fingerprint density at radius 1 is 1.50 bits per heavy atom. The van der Waals surface area contributed by atoms with Crippen LogP contribution in [0.25, 0.3) is 0 Å². The van der Waals surface area contributed by atoms with Crippen LogP contribution in [-0.4, -0.2) is 36.3 Å². The third kappa shape index (κ3) is 3.96. The molecule has 1 unspecified atom stereocenters. The van der Waals surface area contributed by atoms with Crippen molar-refractivity contribution < 1.29 is 9.15 Å². The molecule has 0 aliphatic carbocycles. The molecule has 20 heavy (non-hydrogen) atoms. The number of nitrogens with one attached hydrogen (secondary N) is 1. The standard InChI is InChI=1S/C15H27N3O2/c1-14(2,3)16-9-12-10-20-13(17-12)18-8-6-7-15(4,11-18)19-5/h10,16H,6-9,11H2,1-5H3. The topological polar surface area (TPSA) is 50.5 Å². The Labute approximate surface area is 121 Å². The summed E-state index contributed by atoms with van der Waals surface area (Å²) in [5, 5.41) is 3.42. The number of nitrogens with zero attached hydrogens (tertiary/aromatic N) is 2. The van der Waals surface area contributed by atoms with Gasteiger partial charge in [0.2, 0.25) is 0 Å². The van der Waals surface area contributed by atoms with Crippen LogP contribution in [0.15, 0.2) is 10.7 Å². The minimum absolute atomic E-state index is 0.0822. The summed E-state index contributed by atoms with van der Waals surface area (Å²) in [6.07, 6.45) is 3.92. The zero-order valence-electron chi connectivity index (χ0n) is 13.3. The first-order chi connectivity index (χ1) is 9.31. The number of anilines is 1. The van der Waals surface area contributed by atoms with Crippen molar-refractivity contribution >= 4 is 6.01 Å². The van der Waals surface area contributed by atoms with Crippen molar-refractivity contribution in [2.45, 2.75) is 58.2 Å². The van der Waals surface area contributed by atoms with Crippen LogP contribution in [0, 0.1) is 0 Å². The van der Waals surface area contributed by atoms with Crippen LogP contribution in [-0.2, 0) is 11.3 Å². The van der Waals surface area contributed by atoms with Crippen LogP contribution in [0.5, 0.6) is 0 Å². The smallest absolute Gasteiger partial charge is 0.297 e. The zero-order valence-corrected chi connectivity index (χ0v) is 13.3. The summed E-state index contributed by atoms with van der Waals surface area (Å²) < 4.78 is 11.2. The summed E-state index contributed by atoms with van der Waals surface area (Å²) in [5.74, 6) is 0. The fraction of sp³-hybridized carbons (Fsp3) is 0.800. The van der Waals surface area contributed by atoms with Crippen molar-refractivity contribution in [3.8, 4) is 0 Å². The summed E-state index contributed by atoms with van der Waals surface area (Å²) in [7, 11) is 1.78. The molecule has 2 heterocycles. The van der Waals surface area contributed by atoms with Gasteiger partial charge in [0.1, 0.15) is 6.26 Å². The van der Waals surface area contributed by atoms with Gasteiger partial charge < -0.3 is 19.4 Å². The number of hydrogen-bond acceptors (Lipinski definition) is 5. The van der Waals surface area contributed by atoms with Crippen LogP contribution in [0.1, 0.15) is 46.2 Å². The quantitative estimate of drug-likeness (QED) is 0.919. The van der Waals surface area contributed by atoms with Crippen LogP contribution in [0.3, 0.4) is 0 Å². The van der Waals surface area contributed by atoms with E-state index in [1.165, 1.54) is 0 Å². The Morgan fingerprint density at radius 3 is 2.90 bits per heavy atom. The van der Waals surface area contributed by atoms with Gasteiger partial charge in [-0.05, 0) is 40.5 Å². The van der Waals surface area contributed by atoms with E-state index in [1.807, 2.05) is 0 Å². The first kappa shape index (κ1) is 15.3. The van der Waals surface area contributed by atoms with Gasteiger partial charge in [0.05, 0.1) is 17.8 Å². The van der Waals surface area contributed by atoms with Gasteiger partial charge in [0.25, 0.3) is 6.01 Å². The highest BCUT2D eigenvalue weighted by Crippen LogP contribution is 2.27. The molecule has 1 aromatic heterocycles. The van der Waals surface area contributed by atoms with Gasteiger partial charge in [0.15, 0.2) is 0 Å². The molecule has 1 atom stereocenters.